The monoisotopic (exact) mass is 362 g/mol. The van der Waals surface area contributed by atoms with Crippen LogP contribution in [0.5, 0.6) is 0 Å². The van der Waals surface area contributed by atoms with Gasteiger partial charge >= 0.3 is 12.0 Å². The second kappa shape index (κ2) is 8.37. The van der Waals surface area contributed by atoms with Crippen molar-refractivity contribution in [3.63, 3.8) is 0 Å². The molecular formula is C16H22N6O4. The van der Waals surface area contributed by atoms with Crippen molar-refractivity contribution in [2.45, 2.75) is 33.6 Å². The van der Waals surface area contributed by atoms with Crippen molar-refractivity contribution in [3.8, 4) is 0 Å². The third-order valence-electron chi connectivity index (χ3n) is 3.37. The summed E-state index contributed by atoms with van der Waals surface area (Å²) >= 11 is 0. The number of esters is 1. The maximum absolute atomic E-state index is 12.3. The van der Waals surface area contributed by atoms with Gasteiger partial charge in [0.2, 0.25) is 0 Å². The zero-order valence-corrected chi connectivity index (χ0v) is 15.1. The fraction of sp³-hybridized carbons (Fsp3) is 0.500. The fourth-order valence-corrected chi connectivity index (χ4v) is 2.22. The number of hydrogen-bond acceptors (Lipinski definition) is 7. The molecule has 140 valence electrons. The Balaban J connectivity index is 2.00. The molecule has 0 spiro atoms. The molecule has 26 heavy (non-hydrogen) atoms. The van der Waals surface area contributed by atoms with Gasteiger partial charge in [-0.3, -0.25) is 10.1 Å². The lowest BCUT2D eigenvalue weighted by Crippen LogP contribution is -2.42. The molecule has 2 heterocycles. The van der Waals surface area contributed by atoms with Crippen molar-refractivity contribution in [1.29, 1.82) is 0 Å². The van der Waals surface area contributed by atoms with Crippen molar-refractivity contribution in [1.82, 2.24) is 30.2 Å². The topological polar surface area (TPSA) is 128 Å². The smallest absolute Gasteiger partial charge is 0.342 e. The molecule has 0 bridgehead atoms. The van der Waals surface area contributed by atoms with Gasteiger partial charge in [-0.15, -0.1) is 0 Å². The van der Waals surface area contributed by atoms with Crippen molar-refractivity contribution < 1.29 is 19.1 Å². The lowest BCUT2D eigenvalue weighted by atomic mass is 10.1. The Kier molecular flexibility index (Phi) is 6.21. The first-order chi connectivity index (χ1) is 12.3. The normalized spacial score (nSPS) is 11.0. The van der Waals surface area contributed by atoms with Crippen molar-refractivity contribution in [2.75, 3.05) is 13.2 Å². The molecule has 0 atom stereocenters. The van der Waals surface area contributed by atoms with Crippen LogP contribution in [0.1, 0.15) is 49.7 Å². The summed E-state index contributed by atoms with van der Waals surface area (Å²) in [6.45, 7) is 7.48. The minimum Gasteiger partial charge on any atom is -0.452 e. The van der Waals surface area contributed by atoms with E-state index in [1.165, 1.54) is 17.0 Å². The molecule has 0 radical (unpaired) electrons. The van der Waals surface area contributed by atoms with E-state index >= 15 is 0 Å². The molecule has 0 saturated heterocycles. The molecule has 0 unspecified atom stereocenters. The molecule has 2 aromatic heterocycles. The first-order valence-corrected chi connectivity index (χ1v) is 8.23. The number of fused-ring (bicyclic) bond motifs is 1. The Hall–Kier alpha value is -3.04. The zero-order valence-electron chi connectivity index (χ0n) is 15.1. The summed E-state index contributed by atoms with van der Waals surface area (Å²) < 4.78 is 6.46. The highest BCUT2D eigenvalue weighted by Crippen LogP contribution is 2.19. The van der Waals surface area contributed by atoms with Crippen LogP contribution in [0.2, 0.25) is 0 Å². The van der Waals surface area contributed by atoms with E-state index in [1.54, 1.807) is 0 Å². The molecular weight excluding hydrogens is 340 g/mol. The second-order valence-electron chi connectivity index (χ2n) is 6.41. The number of carbonyl (C=O) groups is 3. The van der Waals surface area contributed by atoms with Crippen LogP contribution in [-0.4, -0.2) is 50.6 Å². The minimum absolute atomic E-state index is 0.0552. The predicted molar refractivity (Wildman–Crippen MR) is 91.5 cm³/mol. The minimum atomic E-state index is -0.726. The number of imide groups is 1. The molecule has 0 aliphatic rings. The number of aromatic nitrogens is 4. The molecule has 0 aliphatic carbocycles. The van der Waals surface area contributed by atoms with E-state index in [0.29, 0.717) is 18.0 Å². The lowest BCUT2D eigenvalue weighted by Gasteiger charge is -2.13. The summed E-state index contributed by atoms with van der Waals surface area (Å²) in [5, 5.41) is 8.68. The Morgan fingerprint density at radius 1 is 1.19 bits per heavy atom. The van der Waals surface area contributed by atoms with E-state index in [-0.39, 0.29) is 17.4 Å². The van der Waals surface area contributed by atoms with Gasteiger partial charge in [0.05, 0.1) is 11.3 Å². The number of ether oxygens (including phenoxy) is 1. The fourth-order valence-electron chi connectivity index (χ4n) is 2.22. The van der Waals surface area contributed by atoms with Crippen LogP contribution in [-0.2, 0) is 9.53 Å². The molecule has 0 aliphatic heterocycles. The van der Waals surface area contributed by atoms with Crippen LogP contribution in [0.3, 0.4) is 0 Å². The molecule has 0 aromatic carbocycles. The maximum Gasteiger partial charge on any atom is 0.342 e. The third kappa shape index (κ3) is 4.74. The highest BCUT2D eigenvalue weighted by molar-refractivity contribution is 5.97. The molecule has 0 fully saturated rings. The highest BCUT2D eigenvalue weighted by Gasteiger charge is 2.21. The van der Waals surface area contributed by atoms with E-state index in [2.05, 4.69) is 25.7 Å². The molecule has 10 nitrogen and oxygen atoms in total. The van der Waals surface area contributed by atoms with Crippen LogP contribution in [0, 0.1) is 5.92 Å². The number of rotatable bonds is 6. The first-order valence-electron chi connectivity index (χ1n) is 8.23. The van der Waals surface area contributed by atoms with Crippen LogP contribution in [0.15, 0.2) is 12.5 Å². The number of nitrogens with one attached hydrogen (secondary N) is 2. The summed E-state index contributed by atoms with van der Waals surface area (Å²) in [5.41, 5.74) is 0.766. The van der Waals surface area contributed by atoms with Gasteiger partial charge in [-0.05, 0) is 11.8 Å². The molecule has 2 aromatic rings. The van der Waals surface area contributed by atoms with Gasteiger partial charge in [-0.25, -0.2) is 19.1 Å². The standard InChI is InChI=1S/C16H22N6O4/c1-9(2)5-18-16(25)21-12(23)7-26-14(24)11-6-17-15-19-8-20-22(15)13(11)10(3)4/h6,8-10H,5,7H2,1-4H3,(H2,18,21,23,25). The SMILES string of the molecule is CC(C)CNC(=O)NC(=O)COC(=O)c1cnc2ncnn2c1C(C)C. The number of nitrogens with zero attached hydrogens (tertiary/aromatic N) is 4. The van der Waals surface area contributed by atoms with Gasteiger partial charge < -0.3 is 10.1 Å². The average molecular weight is 362 g/mol. The third-order valence-corrected chi connectivity index (χ3v) is 3.37. The van der Waals surface area contributed by atoms with Crippen LogP contribution >= 0.6 is 0 Å². The Morgan fingerprint density at radius 3 is 2.58 bits per heavy atom. The lowest BCUT2D eigenvalue weighted by molar-refractivity contribution is -0.123. The van der Waals surface area contributed by atoms with E-state index in [0.717, 1.165) is 0 Å². The molecule has 2 N–H and O–H groups in total. The number of hydrogen-bond donors (Lipinski definition) is 2. The van der Waals surface area contributed by atoms with Gasteiger partial charge in [0.25, 0.3) is 11.7 Å². The summed E-state index contributed by atoms with van der Waals surface area (Å²) in [7, 11) is 0. The quantitative estimate of drug-likeness (QED) is 0.730. The Labute approximate surface area is 150 Å². The average Bonchev–Trinajstić information content (AvgIpc) is 3.05. The van der Waals surface area contributed by atoms with E-state index in [9.17, 15) is 14.4 Å². The maximum atomic E-state index is 12.3. The van der Waals surface area contributed by atoms with E-state index < -0.39 is 24.5 Å². The van der Waals surface area contributed by atoms with Gasteiger partial charge in [-0.2, -0.15) is 10.1 Å². The number of urea groups is 1. The van der Waals surface area contributed by atoms with Crippen LogP contribution < -0.4 is 10.6 Å². The summed E-state index contributed by atoms with van der Waals surface area (Å²) in [6.07, 6.45) is 2.68. The van der Waals surface area contributed by atoms with Crippen LogP contribution in [0.25, 0.3) is 5.78 Å². The largest absolute Gasteiger partial charge is 0.452 e. The molecule has 3 amide bonds. The van der Waals surface area contributed by atoms with Gasteiger partial charge in [0.1, 0.15) is 6.33 Å². The van der Waals surface area contributed by atoms with Crippen molar-refractivity contribution in [2.24, 2.45) is 5.92 Å². The first kappa shape index (κ1) is 19.3. The predicted octanol–water partition coefficient (Wildman–Crippen LogP) is 0.886. The summed E-state index contributed by atoms with van der Waals surface area (Å²) in [4.78, 5) is 43.6. The van der Waals surface area contributed by atoms with Gasteiger partial charge in [0, 0.05) is 12.7 Å². The van der Waals surface area contributed by atoms with Crippen molar-refractivity contribution in [3.05, 3.63) is 23.8 Å². The van der Waals surface area contributed by atoms with E-state index in [1.807, 2.05) is 27.7 Å². The molecule has 10 heteroatoms. The summed E-state index contributed by atoms with van der Waals surface area (Å²) in [5.74, 6) is -0.885. The Bertz CT molecular complexity index is 814. The highest BCUT2D eigenvalue weighted by atomic mass is 16.5. The van der Waals surface area contributed by atoms with Gasteiger partial charge in [0.15, 0.2) is 6.61 Å². The molecule has 0 saturated carbocycles. The van der Waals surface area contributed by atoms with E-state index in [4.69, 9.17) is 4.74 Å². The zero-order chi connectivity index (χ0) is 19.3. The molecule has 2 rings (SSSR count). The van der Waals surface area contributed by atoms with Gasteiger partial charge in [-0.1, -0.05) is 27.7 Å². The summed E-state index contributed by atoms with van der Waals surface area (Å²) in [6, 6.07) is -0.631. The van der Waals surface area contributed by atoms with Crippen LogP contribution in [0.4, 0.5) is 4.79 Å². The second-order valence-corrected chi connectivity index (χ2v) is 6.41. The number of amides is 3. The Morgan fingerprint density at radius 2 is 1.92 bits per heavy atom. The number of carbonyl (C=O) groups excluding carboxylic acids is 3. The van der Waals surface area contributed by atoms with Crippen molar-refractivity contribution >= 4 is 23.7 Å².